The zero-order chi connectivity index (χ0) is 29.9. The highest BCUT2D eigenvalue weighted by atomic mass is 32.2. The van der Waals surface area contributed by atoms with E-state index in [0.29, 0.717) is 6.54 Å². The van der Waals surface area contributed by atoms with E-state index in [1.165, 1.54) is 6.92 Å². The summed E-state index contributed by atoms with van der Waals surface area (Å²) in [6.07, 6.45) is -8.41. The van der Waals surface area contributed by atoms with Crippen LogP contribution in [0.5, 0.6) is 5.75 Å². The Labute approximate surface area is 233 Å². The number of nitrogen functional groups attached to an aromatic ring is 1. The second-order valence-corrected chi connectivity index (χ2v) is 13.4. The van der Waals surface area contributed by atoms with Crippen molar-refractivity contribution < 1.29 is 40.6 Å². The molecule has 1 heterocycles. The summed E-state index contributed by atoms with van der Waals surface area (Å²) in [7, 11) is -3.58. The normalized spacial score (nSPS) is 22.2. The number of nitrogens with two attached hydrogens (primary N) is 1. The summed E-state index contributed by atoms with van der Waals surface area (Å²) in [6, 6.07) is 9.23. The maximum absolute atomic E-state index is 14.6. The summed E-state index contributed by atoms with van der Waals surface area (Å²) in [5, 5.41) is 14.2. The molecule has 12 heteroatoms. The van der Waals surface area contributed by atoms with Gasteiger partial charge in [0.25, 0.3) is 0 Å². The molecule has 2 aromatic rings. The Morgan fingerprint density at radius 3 is 2.45 bits per heavy atom. The number of alkyl halides is 3. The summed E-state index contributed by atoms with van der Waals surface area (Å²) in [5.41, 5.74) is 7.17. The zero-order valence-corrected chi connectivity index (χ0v) is 23.9. The second-order valence-electron chi connectivity index (χ2n) is 11.3. The molecule has 1 aliphatic heterocycles. The fourth-order valence-electron chi connectivity index (χ4n) is 4.69. The van der Waals surface area contributed by atoms with Crippen LogP contribution in [0.15, 0.2) is 36.4 Å². The standard InChI is InChI=1S/C28H38F4N2O5S/c1-5-38-14-24(28(30,31)32)39-23-12-18(11-21(29)25(23)33)9-19-15-40(36,37)16-22(26(19)35)34-13-17-7-6-8-20(10-17)27(2,3)4/h6-8,10-12,19,22,24,26,34-35H,5,9,13-16,33H2,1-4H3/t19-,22+,24-,26+/m1/s1. The molecule has 0 unspecified atom stereocenters. The first-order valence-electron chi connectivity index (χ1n) is 13.1. The van der Waals surface area contributed by atoms with Gasteiger partial charge in [0.2, 0.25) is 6.10 Å². The highest BCUT2D eigenvalue weighted by molar-refractivity contribution is 7.91. The number of benzene rings is 2. The van der Waals surface area contributed by atoms with Crippen LogP contribution in [-0.4, -0.2) is 62.7 Å². The molecule has 1 saturated heterocycles. The van der Waals surface area contributed by atoms with Crippen LogP contribution in [0.1, 0.15) is 44.4 Å². The van der Waals surface area contributed by atoms with E-state index in [4.69, 9.17) is 15.2 Å². The van der Waals surface area contributed by atoms with E-state index < -0.39 is 64.0 Å². The first-order valence-corrected chi connectivity index (χ1v) is 14.9. The lowest BCUT2D eigenvalue weighted by Gasteiger charge is -2.35. The first kappa shape index (κ1) is 32.1. The number of hydrogen-bond acceptors (Lipinski definition) is 7. The van der Waals surface area contributed by atoms with Crippen LogP contribution in [0, 0.1) is 11.7 Å². The lowest BCUT2D eigenvalue weighted by atomic mass is 9.86. The molecule has 0 amide bonds. The number of halogens is 4. The number of ether oxygens (including phenoxy) is 2. The van der Waals surface area contributed by atoms with Gasteiger partial charge >= 0.3 is 6.18 Å². The van der Waals surface area contributed by atoms with Gasteiger partial charge in [-0.15, -0.1) is 0 Å². The Hall–Kier alpha value is -2.41. The number of aliphatic hydroxyl groups is 1. The molecule has 0 bridgehead atoms. The summed E-state index contributed by atoms with van der Waals surface area (Å²) in [6.45, 7) is 7.31. The molecule has 2 aromatic carbocycles. The summed E-state index contributed by atoms with van der Waals surface area (Å²) in [5.74, 6) is -3.01. The van der Waals surface area contributed by atoms with Crippen LogP contribution in [0.2, 0.25) is 0 Å². The van der Waals surface area contributed by atoms with Gasteiger partial charge in [0.05, 0.1) is 24.2 Å². The van der Waals surface area contributed by atoms with Gasteiger partial charge in [0, 0.05) is 25.1 Å². The van der Waals surface area contributed by atoms with Gasteiger partial charge in [-0.1, -0.05) is 45.0 Å². The van der Waals surface area contributed by atoms with Crippen LogP contribution in [0.4, 0.5) is 23.2 Å². The van der Waals surface area contributed by atoms with Crippen molar-refractivity contribution in [3.8, 4) is 5.75 Å². The Morgan fingerprint density at radius 2 is 1.82 bits per heavy atom. The minimum absolute atomic E-state index is 0.0189. The molecule has 1 aliphatic rings. The Morgan fingerprint density at radius 1 is 1.12 bits per heavy atom. The summed E-state index contributed by atoms with van der Waals surface area (Å²) >= 11 is 0. The molecule has 0 radical (unpaired) electrons. The lowest BCUT2D eigenvalue weighted by molar-refractivity contribution is -0.208. The Kier molecular flexibility index (Phi) is 10.1. The smallest absolute Gasteiger partial charge is 0.427 e. The molecule has 7 nitrogen and oxygen atoms in total. The van der Waals surface area contributed by atoms with Crippen molar-refractivity contribution in [2.24, 2.45) is 5.92 Å². The van der Waals surface area contributed by atoms with E-state index in [9.17, 15) is 31.1 Å². The van der Waals surface area contributed by atoms with Gasteiger partial charge in [-0.2, -0.15) is 13.2 Å². The number of sulfone groups is 1. The third kappa shape index (κ3) is 8.55. The predicted octanol–water partition coefficient (Wildman–Crippen LogP) is 4.16. The molecule has 0 spiro atoms. The van der Waals surface area contributed by atoms with Crippen molar-refractivity contribution in [1.29, 1.82) is 0 Å². The number of rotatable bonds is 10. The van der Waals surface area contributed by atoms with E-state index in [1.807, 2.05) is 24.3 Å². The van der Waals surface area contributed by atoms with Gasteiger partial charge in [0.15, 0.2) is 9.84 Å². The molecule has 40 heavy (non-hydrogen) atoms. The Balaban J connectivity index is 1.79. The zero-order valence-electron chi connectivity index (χ0n) is 23.1. The van der Waals surface area contributed by atoms with E-state index in [-0.39, 0.29) is 35.5 Å². The van der Waals surface area contributed by atoms with Crippen LogP contribution < -0.4 is 15.8 Å². The van der Waals surface area contributed by atoms with Gasteiger partial charge in [-0.3, -0.25) is 0 Å². The van der Waals surface area contributed by atoms with E-state index in [1.54, 1.807) is 0 Å². The van der Waals surface area contributed by atoms with Crippen molar-refractivity contribution in [2.45, 2.75) is 70.5 Å². The maximum Gasteiger partial charge on any atom is 0.427 e. The number of hydrogen-bond donors (Lipinski definition) is 3. The summed E-state index contributed by atoms with van der Waals surface area (Å²) in [4.78, 5) is 0. The quantitative estimate of drug-likeness (QED) is 0.282. The van der Waals surface area contributed by atoms with E-state index >= 15 is 0 Å². The monoisotopic (exact) mass is 590 g/mol. The first-order chi connectivity index (χ1) is 18.5. The van der Waals surface area contributed by atoms with Crippen LogP contribution in [0.3, 0.4) is 0 Å². The minimum Gasteiger partial charge on any atom is -0.476 e. The summed E-state index contributed by atoms with van der Waals surface area (Å²) < 4.78 is 90.3. The second kappa shape index (κ2) is 12.6. The topological polar surface area (TPSA) is 111 Å². The largest absolute Gasteiger partial charge is 0.476 e. The minimum atomic E-state index is -4.80. The van der Waals surface area contributed by atoms with Crippen molar-refractivity contribution in [3.63, 3.8) is 0 Å². The Bertz CT molecular complexity index is 1260. The highest BCUT2D eigenvalue weighted by Crippen LogP contribution is 2.34. The van der Waals surface area contributed by atoms with Crippen molar-refractivity contribution in [2.75, 3.05) is 30.5 Å². The van der Waals surface area contributed by atoms with Gasteiger partial charge in [-0.05, 0) is 47.6 Å². The number of aliphatic hydroxyl groups excluding tert-OH is 1. The molecular formula is C28H38F4N2O5S. The number of anilines is 1. The fraction of sp³-hybridized carbons (Fsp3) is 0.571. The lowest BCUT2D eigenvalue weighted by Crippen LogP contribution is -2.54. The molecule has 4 N–H and O–H groups in total. The van der Waals surface area contributed by atoms with Crippen LogP contribution >= 0.6 is 0 Å². The van der Waals surface area contributed by atoms with Crippen molar-refractivity contribution >= 4 is 15.5 Å². The molecule has 0 aromatic heterocycles. The molecular weight excluding hydrogens is 552 g/mol. The van der Waals surface area contributed by atoms with Gasteiger partial charge in [-0.25, -0.2) is 12.8 Å². The number of nitrogens with one attached hydrogen (secondary N) is 1. The molecule has 3 rings (SSSR count). The fourth-order valence-corrected chi connectivity index (χ4v) is 6.65. The predicted molar refractivity (Wildman–Crippen MR) is 145 cm³/mol. The SMILES string of the molecule is CCOC[C@@H](Oc1cc(C[C@@H]2CS(=O)(=O)C[C@H](NCc3cccc(C(C)(C)C)c3)[C@H]2O)cc(F)c1N)C(F)(F)F. The van der Waals surface area contributed by atoms with Crippen molar-refractivity contribution in [1.82, 2.24) is 5.32 Å². The molecule has 0 saturated carbocycles. The van der Waals surface area contributed by atoms with E-state index in [0.717, 1.165) is 23.3 Å². The van der Waals surface area contributed by atoms with Crippen LogP contribution in [-0.2, 0) is 33.0 Å². The van der Waals surface area contributed by atoms with Crippen molar-refractivity contribution in [3.05, 3.63) is 58.9 Å². The third-order valence-corrected chi connectivity index (χ3v) is 8.72. The van der Waals surface area contributed by atoms with Gasteiger partial charge < -0.3 is 25.6 Å². The molecule has 0 aliphatic carbocycles. The average molecular weight is 591 g/mol. The molecule has 1 fully saturated rings. The van der Waals surface area contributed by atoms with Crippen LogP contribution in [0.25, 0.3) is 0 Å². The highest BCUT2D eigenvalue weighted by Gasteiger charge is 2.43. The van der Waals surface area contributed by atoms with Gasteiger partial charge in [0.1, 0.15) is 17.3 Å². The van der Waals surface area contributed by atoms with E-state index in [2.05, 4.69) is 26.1 Å². The average Bonchev–Trinajstić information content (AvgIpc) is 2.84. The molecule has 224 valence electrons. The third-order valence-electron chi connectivity index (χ3n) is 6.92. The maximum atomic E-state index is 14.6. The molecule has 4 atom stereocenters.